The maximum absolute atomic E-state index is 13.1. The molecule has 0 unspecified atom stereocenters. The second-order valence-corrected chi connectivity index (χ2v) is 6.67. The summed E-state index contributed by atoms with van der Waals surface area (Å²) < 4.78 is 14.7. The standard InChI is InChI=1S/C20H19FN2O5/c21-14-6-4-13(5-7-14)11-22-12-15(23-8-2-1-3-19(23)26)9-16(22)17(24)10-18(25)20(27)28/h4-7,9,12H,1-3,8,10-11H2,(H,27,28). The van der Waals surface area contributed by atoms with Gasteiger partial charge in [0.1, 0.15) is 5.82 Å². The average molecular weight is 386 g/mol. The minimum Gasteiger partial charge on any atom is -0.475 e. The van der Waals surface area contributed by atoms with Gasteiger partial charge >= 0.3 is 5.97 Å². The van der Waals surface area contributed by atoms with E-state index in [1.165, 1.54) is 18.2 Å². The number of carbonyl (C=O) groups excluding carboxylic acids is 3. The summed E-state index contributed by atoms with van der Waals surface area (Å²) in [7, 11) is 0. The van der Waals surface area contributed by atoms with E-state index in [2.05, 4.69) is 0 Å². The molecule has 0 aliphatic carbocycles. The lowest BCUT2D eigenvalue weighted by Gasteiger charge is -2.25. The molecule has 1 aliphatic rings. The van der Waals surface area contributed by atoms with Crippen molar-refractivity contribution in [3.8, 4) is 0 Å². The Morgan fingerprint density at radius 3 is 2.46 bits per heavy atom. The van der Waals surface area contributed by atoms with Crippen molar-refractivity contribution in [3.05, 3.63) is 53.6 Å². The summed E-state index contributed by atoms with van der Waals surface area (Å²) in [5, 5.41) is 8.76. The molecule has 1 aliphatic heterocycles. The molecule has 146 valence electrons. The van der Waals surface area contributed by atoms with Crippen LogP contribution in [0.2, 0.25) is 0 Å². The Morgan fingerprint density at radius 2 is 1.82 bits per heavy atom. The fourth-order valence-corrected chi connectivity index (χ4v) is 3.19. The Balaban J connectivity index is 1.93. The van der Waals surface area contributed by atoms with Gasteiger partial charge in [-0.1, -0.05) is 12.1 Å². The minimum atomic E-state index is -1.67. The van der Waals surface area contributed by atoms with Gasteiger partial charge in [-0.05, 0) is 36.6 Å². The molecule has 7 nitrogen and oxygen atoms in total. The maximum Gasteiger partial charge on any atom is 0.372 e. The van der Waals surface area contributed by atoms with Crippen molar-refractivity contribution in [3.63, 3.8) is 0 Å². The fourth-order valence-electron chi connectivity index (χ4n) is 3.19. The third-order valence-electron chi connectivity index (χ3n) is 4.63. The van der Waals surface area contributed by atoms with Gasteiger partial charge in [0.05, 0.1) is 17.8 Å². The van der Waals surface area contributed by atoms with Crippen molar-refractivity contribution in [2.75, 3.05) is 11.4 Å². The molecule has 0 radical (unpaired) electrons. The third kappa shape index (κ3) is 4.33. The number of carboxylic acid groups (broad SMARTS) is 1. The SMILES string of the molecule is O=C(O)C(=O)CC(=O)c1cc(N2CCCCC2=O)cn1Cc1ccc(F)cc1. The molecule has 8 heteroatoms. The van der Waals surface area contributed by atoms with Crippen molar-refractivity contribution in [1.29, 1.82) is 0 Å². The van der Waals surface area contributed by atoms with Gasteiger partial charge < -0.3 is 14.6 Å². The van der Waals surface area contributed by atoms with Crippen LogP contribution < -0.4 is 4.90 Å². The molecule has 1 amide bonds. The first-order chi connectivity index (χ1) is 13.3. The fraction of sp³-hybridized carbons (Fsp3) is 0.300. The second-order valence-electron chi connectivity index (χ2n) is 6.67. The zero-order chi connectivity index (χ0) is 20.3. The molecule has 0 saturated carbocycles. The molecule has 0 spiro atoms. The highest BCUT2D eigenvalue weighted by molar-refractivity contribution is 6.37. The number of Topliss-reactive ketones (excluding diaryl/α,β-unsaturated/α-hetero) is 2. The van der Waals surface area contributed by atoms with Crippen LogP contribution in [0.4, 0.5) is 10.1 Å². The van der Waals surface area contributed by atoms with Gasteiger partial charge in [-0.15, -0.1) is 0 Å². The smallest absolute Gasteiger partial charge is 0.372 e. The predicted molar refractivity (Wildman–Crippen MR) is 97.7 cm³/mol. The third-order valence-corrected chi connectivity index (χ3v) is 4.63. The van der Waals surface area contributed by atoms with Gasteiger partial charge in [0.15, 0.2) is 5.78 Å². The number of nitrogens with zero attached hydrogens (tertiary/aromatic N) is 2. The number of carboxylic acids is 1. The molecule has 0 bridgehead atoms. The normalized spacial score (nSPS) is 14.2. The molecule has 1 aromatic carbocycles. The van der Waals surface area contributed by atoms with E-state index in [0.717, 1.165) is 12.8 Å². The number of carbonyl (C=O) groups is 4. The first kappa shape index (κ1) is 19.5. The number of anilines is 1. The molecule has 1 aromatic heterocycles. The maximum atomic E-state index is 13.1. The number of aliphatic carboxylic acids is 1. The van der Waals surface area contributed by atoms with E-state index < -0.39 is 24.0 Å². The molecule has 3 rings (SSSR count). The highest BCUT2D eigenvalue weighted by atomic mass is 19.1. The number of rotatable bonds is 7. The number of piperidine rings is 1. The van der Waals surface area contributed by atoms with Crippen molar-refractivity contribution in [1.82, 2.24) is 4.57 Å². The Bertz CT molecular complexity index is 933. The summed E-state index contributed by atoms with van der Waals surface area (Å²) in [5.74, 6) is -3.96. The van der Waals surface area contributed by atoms with Crippen LogP contribution in [0, 0.1) is 5.82 Å². The molecule has 2 aromatic rings. The second kappa shape index (κ2) is 8.16. The van der Waals surface area contributed by atoms with Crippen LogP contribution in [-0.4, -0.2) is 39.7 Å². The Hall–Kier alpha value is -3.29. The first-order valence-electron chi connectivity index (χ1n) is 8.89. The highest BCUT2D eigenvalue weighted by Gasteiger charge is 2.25. The average Bonchev–Trinajstić information content (AvgIpc) is 3.07. The minimum absolute atomic E-state index is 0.0502. The van der Waals surface area contributed by atoms with E-state index in [0.29, 0.717) is 24.2 Å². The lowest BCUT2D eigenvalue weighted by molar-refractivity contribution is -0.148. The summed E-state index contributed by atoms with van der Waals surface area (Å²) in [6, 6.07) is 7.23. The zero-order valence-electron chi connectivity index (χ0n) is 15.1. The summed E-state index contributed by atoms with van der Waals surface area (Å²) in [6.07, 6.45) is 2.94. The highest BCUT2D eigenvalue weighted by Crippen LogP contribution is 2.25. The number of hydrogen-bond acceptors (Lipinski definition) is 4. The van der Waals surface area contributed by atoms with E-state index in [4.69, 9.17) is 5.11 Å². The summed E-state index contributed by atoms with van der Waals surface area (Å²) in [5.41, 5.74) is 1.37. The van der Waals surface area contributed by atoms with E-state index in [1.807, 2.05) is 0 Å². The van der Waals surface area contributed by atoms with Gasteiger partial charge in [0.2, 0.25) is 11.7 Å². The molecule has 0 atom stereocenters. The molecule has 2 heterocycles. The lowest BCUT2D eigenvalue weighted by Crippen LogP contribution is -2.34. The topological polar surface area (TPSA) is 96.7 Å². The van der Waals surface area contributed by atoms with Crippen LogP contribution >= 0.6 is 0 Å². The van der Waals surface area contributed by atoms with Crippen LogP contribution in [0.5, 0.6) is 0 Å². The van der Waals surface area contributed by atoms with E-state index in [-0.39, 0.29) is 24.0 Å². The van der Waals surface area contributed by atoms with Crippen LogP contribution in [0.1, 0.15) is 41.7 Å². The molecule has 1 N–H and O–H groups in total. The predicted octanol–water partition coefficient (Wildman–Crippen LogP) is 2.42. The van der Waals surface area contributed by atoms with E-state index >= 15 is 0 Å². The molecule has 1 fully saturated rings. The Kier molecular flexibility index (Phi) is 5.67. The summed E-state index contributed by atoms with van der Waals surface area (Å²) in [6.45, 7) is 0.742. The van der Waals surface area contributed by atoms with E-state index in [1.54, 1.807) is 27.8 Å². The largest absolute Gasteiger partial charge is 0.475 e. The Labute approximate surface area is 160 Å². The number of benzene rings is 1. The number of ketones is 2. The van der Waals surface area contributed by atoms with Gasteiger partial charge in [0, 0.05) is 25.7 Å². The number of amides is 1. The van der Waals surface area contributed by atoms with Crippen molar-refractivity contribution in [2.24, 2.45) is 0 Å². The van der Waals surface area contributed by atoms with Gasteiger partial charge in [-0.25, -0.2) is 9.18 Å². The summed E-state index contributed by atoms with van der Waals surface area (Å²) in [4.78, 5) is 48.6. The molecular weight excluding hydrogens is 367 g/mol. The van der Waals surface area contributed by atoms with Crippen molar-refractivity contribution < 1.29 is 28.7 Å². The van der Waals surface area contributed by atoms with Gasteiger partial charge in [-0.2, -0.15) is 0 Å². The van der Waals surface area contributed by atoms with Crippen LogP contribution in [0.15, 0.2) is 36.5 Å². The first-order valence-corrected chi connectivity index (χ1v) is 8.89. The quantitative estimate of drug-likeness (QED) is 0.448. The van der Waals surface area contributed by atoms with E-state index in [9.17, 15) is 23.6 Å². The monoisotopic (exact) mass is 386 g/mol. The number of aromatic nitrogens is 1. The Morgan fingerprint density at radius 1 is 1.11 bits per heavy atom. The van der Waals surface area contributed by atoms with Crippen LogP contribution in [0.3, 0.4) is 0 Å². The number of hydrogen-bond donors (Lipinski definition) is 1. The lowest BCUT2D eigenvalue weighted by atomic mass is 10.1. The summed E-state index contributed by atoms with van der Waals surface area (Å²) >= 11 is 0. The van der Waals surface area contributed by atoms with Crippen LogP contribution in [-0.2, 0) is 20.9 Å². The van der Waals surface area contributed by atoms with Crippen LogP contribution in [0.25, 0.3) is 0 Å². The molecule has 28 heavy (non-hydrogen) atoms. The molecular formula is C20H19FN2O5. The van der Waals surface area contributed by atoms with Crippen molar-refractivity contribution >= 4 is 29.1 Å². The van der Waals surface area contributed by atoms with Gasteiger partial charge in [-0.3, -0.25) is 14.4 Å². The molecule has 1 saturated heterocycles. The number of halogens is 1. The zero-order valence-corrected chi connectivity index (χ0v) is 15.1. The van der Waals surface area contributed by atoms with Gasteiger partial charge in [0.25, 0.3) is 0 Å². The van der Waals surface area contributed by atoms with Crippen molar-refractivity contribution in [2.45, 2.75) is 32.2 Å².